The third kappa shape index (κ3) is 4.73. The summed E-state index contributed by atoms with van der Waals surface area (Å²) >= 11 is 0. The first-order valence-corrected chi connectivity index (χ1v) is 8.79. The SMILES string of the molecule is C=CCOc1ccc(C[NH+](C)[C@@H](C)C(=O)Nc2c(C)nn(C)c2C)cc1. The molecule has 2 atom stereocenters. The number of quaternary nitrogens is 1. The van der Waals surface area contributed by atoms with Crippen LogP contribution < -0.4 is 15.0 Å². The molecule has 0 aliphatic rings. The van der Waals surface area contributed by atoms with E-state index in [9.17, 15) is 4.79 Å². The number of carbonyl (C=O) groups is 1. The molecule has 0 bridgehead atoms. The number of likely N-dealkylation sites (N-methyl/N-ethyl adjacent to an activating group) is 1. The first-order valence-electron chi connectivity index (χ1n) is 8.79. The summed E-state index contributed by atoms with van der Waals surface area (Å²) in [6, 6.07) is 7.76. The van der Waals surface area contributed by atoms with Gasteiger partial charge in [-0.1, -0.05) is 12.7 Å². The van der Waals surface area contributed by atoms with Gasteiger partial charge in [0.1, 0.15) is 18.9 Å². The number of aromatic nitrogens is 2. The fourth-order valence-corrected chi connectivity index (χ4v) is 2.74. The molecule has 1 aromatic heterocycles. The van der Waals surface area contributed by atoms with Gasteiger partial charge in [0.2, 0.25) is 0 Å². The Morgan fingerprint density at radius 2 is 2.04 bits per heavy atom. The van der Waals surface area contributed by atoms with Crippen LogP contribution in [0.4, 0.5) is 5.69 Å². The first-order chi connectivity index (χ1) is 12.3. The highest BCUT2D eigenvalue weighted by Crippen LogP contribution is 2.18. The minimum absolute atomic E-state index is 0.00682. The second kappa shape index (κ2) is 8.67. The molecular formula is C20H29N4O2+. The van der Waals surface area contributed by atoms with E-state index in [0.717, 1.165) is 39.8 Å². The summed E-state index contributed by atoms with van der Waals surface area (Å²) in [5.74, 6) is 0.812. The third-order valence-corrected chi connectivity index (χ3v) is 4.66. The molecule has 0 aliphatic carbocycles. The summed E-state index contributed by atoms with van der Waals surface area (Å²) in [5, 5.41) is 7.37. The van der Waals surface area contributed by atoms with E-state index in [4.69, 9.17) is 4.74 Å². The molecule has 0 radical (unpaired) electrons. The van der Waals surface area contributed by atoms with Gasteiger partial charge < -0.3 is 15.0 Å². The van der Waals surface area contributed by atoms with Gasteiger partial charge in [-0.3, -0.25) is 9.48 Å². The van der Waals surface area contributed by atoms with E-state index < -0.39 is 0 Å². The average molecular weight is 357 g/mol. The Bertz CT molecular complexity index is 765. The van der Waals surface area contributed by atoms with Gasteiger partial charge in [-0.2, -0.15) is 5.10 Å². The van der Waals surface area contributed by atoms with Crippen molar-refractivity contribution in [3.05, 3.63) is 53.9 Å². The maximum Gasteiger partial charge on any atom is 0.282 e. The van der Waals surface area contributed by atoms with Crippen LogP contribution in [0.15, 0.2) is 36.9 Å². The minimum Gasteiger partial charge on any atom is -0.490 e. The van der Waals surface area contributed by atoms with Gasteiger partial charge >= 0.3 is 0 Å². The zero-order chi connectivity index (χ0) is 19.3. The maximum absolute atomic E-state index is 12.6. The van der Waals surface area contributed by atoms with E-state index in [1.54, 1.807) is 10.8 Å². The summed E-state index contributed by atoms with van der Waals surface area (Å²) in [4.78, 5) is 13.7. The van der Waals surface area contributed by atoms with Gasteiger partial charge in [-0.05, 0) is 45.0 Å². The van der Waals surface area contributed by atoms with Gasteiger partial charge in [0.25, 0.3) is 5.91 Å². The van der Waals surface area contributed by atoms with Crippen molar-refractivity contribution in [3.8, 4) is 5.75 Å². The molecule has 0 aliphatic heterocycles. The lowest BCUT2D eigenvalue weighted by molar-refractivity contribution is -0.907. The van der Waals surface area contributed by atoms with Crippen molar-refractivity contribution in [3.63, 3.8) is 0 Å². The van der Waals surface area contributed by atoms with Crippen LogP contribution in [0.1, 0.15) is 23.9 Å². The number of nitrogens with one attached hydrogen (secondary N) is 2. The highest BCUT2D eigenvalue weighted by molar-refractivity contribution is 5.94. The first kappa shape index (κ1) is 19.7. The van der Waals surface area contributed by atoms with Crippen LogP contribution in [0, 0.1) is 13.8 Å². The largest absolute Gasteiger partial charge is 0.490 e. The molecule has 140 valence electrons. The Morgan fingerprint density at radius 3 is 2.58 bits per heavy atom. The molecule has 0 spiro atoms. The molecule has 2 aromatic rings. The molecule has 1 amide bonds. The number of aryl methyl sites for hydroxylation is 2. The molecule has 1 heterocycles. The quantitative estimate of drug-likeness (QED) is 0.706. The lowest BCUT2D eigenvalue weighted by Gasteiger charge is -2.21. The normalized spacial score (nSPS) is 13.1. The summed E-state index contributed by atoms with van der Waals surface area (Å²) < 4.78 is 7.27. The Labute approximate surface area is 155 Å². The maximum atomic E-state index is 12.6. The van der Waals surface area contributed by atoms with Crippen LogP contribution in [0.2, 0.25) is 0 Å². The number of anilines is 1. The number of carbonyl (C=O) groups excluding carboxylic acids is 1. The Balaban J connectivity index is 1.96. The van der Waals surface area contributed by atoms with E-state index in [1.165, 1.54) is 0 Å². The zero-order valence-electron chi connectivity index (χ0n) is 16.3. The molecule has 2 rings (SSSR count). The number of amides is 1. The molecule has 0 saturated carbocycles. The molecule has 0 fully saturated rings. The van der Waals surface area contributed by atoms with E-state index in [-0.39, 0.29) is 11.9 Å². The zero-order valence-corrected chi connectivity index (χ0v) is 16.3. The van der Waals surface area contributed by atoms with Crippen LogP contribution in [-0.4, -0.2) is 35.4 Å². The van der Waals surface area contributed by atoms with Crippen LogP contribution in [0.3, 0.4) is 0 Å². The van der Waals surface area contributed by atoms with Crippen LogP contribution >= 0.6 is 0 Å². The van der Waals surface area contributed by atoms with E-state index in [0.29, 0.717) is 6.61 Å². The highest BCUT2D eigenvalue weighted by atomic mass is 16.5. The van der Waals surface area contributed by atoms with Crippen LogP contribution in [0.25, 0.3) is 0 Å². The molecule has 0 saturated heterocycles. The summed E-state index contributed by atoms with van der Waals surface area (Å²) in [5.41, 5.74) is 3.75. The molecular weight excluding hydrogens is 328 g/mol. The van der Waals surface area contributed by atoms with Gasteiger partial charge in [0.15, 0.2) is 6.04 Å². The minimum atomic E-state index is -0.189. The monoisotopic (exact) mass is 357 g/mol. The van der Waals surface area contributed by atoms with Crippen molar-refractivity contribution in [1.29, 1.82) is 0 Å². The van der Waals surface area contributed by atoms with Crippen molar-refractivity contribution < 1.29 is 14.4 Å². The fourth-order valence-electron chi connectivity index (χ4n) is 2.74. The predicted molar refractivity (Wildman–Crippen MR) is 103 cm³/mol. The number of ether oxygens (including phenoxy) is 1. The number of hydrogen-bond donors (Lipinski definition) is 2. The molecule has 1 unspecified atom stereocenters. The molecule has 1 aromatic carbocycles. The lowest BCUT2D eigenvalue weighted by Crippen LogP contribution is -3.12. The third-order valence-electron chi connectivity index (χ3n) is 4.66. The van der Waals surface area contributed by atoms with E-state index in [1.807, 2.05) is 59.1 Å². The van der Waals surface area contributed by atoms with Crippen molar-refractivity contribution >= 4 is 11.6 Å². The van der Waals surface area contributed by atoms with Crippen LogP contribution in [0.5, 0.6) is 5.75 Å². The highest BCUT2D eigenvalue weighted by Gasteiger charge is 2.24. The van der Waals surface area contributed by atoms with Crippen molar-refractivity contribution in [2.24, 2.45) is 7.05 Å². The van der Waals surface area contributed by atoms with Crippen molar-refractivity contribution in [2.45, 2.75) is 33.4 Å². The van der Waals surface area contributed by atoms with Gasteiger partial charge in [0, 0.05) is 12.6 Å². The fraction of sp³-hybridized carbons (Fsp3) is 0.400. The average Bonchev–Trinajstić information content (AvgIpc) is 2.86. The Morgan fingerprint density at radius 1 is 1.38 bits per heavy atom. The van der Waals surface area contributed by atoms with E-state index >= 15 is 0 Å². The second-order valence-electron chi connectivity index (χ2n) is 6.65. The Kier molecular flexibility index (Phi) is 6.58. The van der Waals surface area contributed by atoms with E-state index in [2.05, 4.69) is 17.0 Å². The molecule has 6 nitrogen and oxygen atoms in total. The molecule has 26 heavy (non-hydrogen) atoms. The Hall–Kier alpha value is -2.60. The number of rotatable bonds is 8. The number of hydrogen-bond acceptors (Lipinski definition) is 3. The summed E-state index contributed by atoms with van der Waals surface area (Å²) in [6.07, 6.45) is 1.72. The summed E-state index contributed by atoms with van der Waals surface area (Å²) in [7, 11) is 3.90. The van der Waals surface area contributed by atoms with Gasteiger partial charge in [-0.15, -0.1) is 0 Å². The van der Waals surface area contributed by atoms with Gasteiger partial charge in [0.05, 0.1) is 24.1 Å². The lowest BCUT2D eigenvalue weighted by atomic mass is 10.1. The smallest absolute Gasteiger partial charge is 0.282 e. The summed E-state index contributed by atoms with van der Waals surface area (Å²) in [6.45, 7) is 10.7. The predicted octanol–water partition coefficient (Wildman–Crippen LogP) is 1.64. The van der Waals surface area contributed by atoms with Gasteiger partial charge in [-0.25, -0.2) is 0 Å². The topological polar surface area (TPSA) is 60.6 Å². The standard InChI is InChI=1S/C20H28N4O2/c1-7-12-26-18-10-8-17(9-11-18)13-23(5)16(4)20(25)21-19-14(2)22-24(6)15(19)3/h7-11,16H,1,12-13H2,2-6H3,(H,21,25)/p+1/t16-/m0/s1. The number of benzene rings is 1. The van der Waals surface area contributed by atoms with Crippen LogP contribution in [-0.2, 0) is 18.4 Å². The number of nitrogens with zero attached hydrogens (tertiary/aromatic N) is 2. The molecule has 6 heteroatoms. The second-order valence-corrected chi connectivity index (χ2v) is 6.65. The van der Waals surface area contributed by atoms with Crippen molar-refractivity contribution in [2.75, 3.05) is 19.0 Å². The van der Waals surface area contributed by atoms with Crippen molar-refractivity contribution in [1.82, 2.24) is 9.78 Å². The molecule has 2 N–H and O–H groups in total.